The van der Waals surface area contributed by atoms with E-state index >= 15 is 0 Å². The van der Waals surface area contributed by atoms with Gasteiger partial charge < -0.3 is 10.8 Å². The number of nitrogens with one attached hydrogen (secondary N) is 1. The Kier molecular flexibility index (Phi) is 2.72. The molecule has 1 heterocycles. The van der Waals surface area contributed by atoms with Crippen molar-refractivity contribution in [2.24, 2.45) is 0 Å². The summed E-state index contributed by atoms with van der Waals surface area (Å²) in [6.45, 7) is 0. The Balaban J connectivity index is 2.04. The molecule has 2 aromatic rings. The highest BCUT2D eigenvalue weighted by atomic mass is 16.3. The number of amidine groups is 1. The van der Waals surface area contributed by atoms with Crippen molar-refractivity contribution in [3.05, 3.63) is 59.2 Å². The van der Waals surface area contributed by atoms with Crippen molar-refractivity contribution >= 4 is 23.3 Å². The molecular weight excluding hydrogens is 270 g/mol. The molecule has 3 rings (SSSR count). The van der Waals surface area contributed by atoms with Crippen LogP contribution in [0.3, 0.4) is 0 Å². The number of phenolic OH excluding ortho intramolecular Hbond substituents is 1. The predicted molar refractivity (Wildman–Crippen MR) is 76.3 cm³/mol. The largest absolute Gasteiger partial charge is 0.507 e. The molecule has 0 unspecified atom stereocenters. The summed E-state index contributed by atoms with van der Waals surface area (Å²) < 4.78 is 0. The highest BCUT2D eigenvalue weighted by molar-refractivity contribution is 6.32. The number of fused-ring (bicyclic) bond motifs is 1. The fourth-order valence-electron chi connectivity index (χ4n) is 2.26. The molecule has 2 aromatic carbocycles. The van der Waals surface area contributed by atoms with Crippen LogP contribution >= 0.6 is 0 Å². The molecule has 6 heteroatoms. The van der Waals surface area contributed by atoms with Crippen LogP contribution in [0.25, 0.3) is 0 Å². The summed E-state index contributed by atoms with van der Waals surface area (Å²) in [6.07, 6.45) is 0. The third-order valence-corrected chi connectivity index (χ3v) is 3.29. The Morgan fingerprint density at radius 1 is 1.05 bits per heavy atom. The van der Waals surface area contributed by atoms with Gasteiger partial charge in [-0.25, -0.2) is 4.90 Å². The molecule has 0 saturated heterocycles. The number of carbonyl (C=O) groups is 2. The number of carbonyl (C=O) groups excluding carboxylic acids is 2. The van der Waals surface area contributed by atoms with Gasteiger partial charge in [0.15, 0.2) is 0 Å². The molecule has 1 aliphatic rings. The lowest BCUT2D eigenvalue weighted by molar-refractivity contribution is 0.0748. The van der Waals surface area contributed by atoms with Crippen molar-refractivity contribution in [1.29, 1.82) is 5.41 Å². The Morgan fingerprint density at radius 3 is 2.14 bits per heavy atom. The lowest BCUT2D eigenvalue weighted by Gasteiger charge is -2.16. The zero-order chi connectivity index (χ0) is 15.1. The van der Waals surface area contributed by atoms with Crippen molar-refractivity contribution in [1.82, 2.24) is 4.90 Å². The minimum Gasteiger partial charge on any atom is -0.507 e. The number of hydrogen-bond donors (Lipinski definition) is 3. The van der Waals surface area contributed by atoms with E-state index in [0.717, 1.165) is 4.90 Å². The van der Waals surface area contributed by atoms with Crippen molar-refractivity contribution in [2.75, 3.05) is 5.73 Å². The van der Waals surface area contributed by atoms with Crippen LogP contribution in [0.1, 0.15) is 26.3 Å². The molecule has 0 atom stereocenters. The van der Waals surface area contributed by atoms with Crippen LogP contribution < -0.4 is 5.73 Å². The van der Waals surface area contributed by atoms with E-state index in [0.29, 0.717) is 5.69 Å². The number of nitrogens with two attached hydrogens (primary N) is 1. The maximum Gasteiger partial charge on any atom is 0.267 e. The van der Waals surface area contributed by atoms with Crippen LogP contribution in [-0.4, -0.2) is 27.7 Å². The van der Waals surface area contributed by atoms with Crippen LogP contribution in [0.15, 0.2) is 42.5 Å². The van der Waals surface area contributed by atoms with Crippen LogP contribution in [0, 0.1) is 5.41 Å². The number of nitrogens with zero attached hydrogens (tertiary/aromatic N) is 1. The molecule has 0 aliphatic carbocycles. The molecule has 0 saturated carbocycles. The number of anilines is 1. The normalized spacial score (nSPS) is 13.4. The lowest BCUT2D eigenvalue weighted by atomic mass is 10.1. The predicted octanol–water partition coefficient (Wildman–Crippen LogP) is 1.60. The third-order valence-electron chi connectivity index (χ3n) is 3.29. The summed E-state index contributed by atoms with van der Waals surface area (Å²) in [5.41, 5.74) is 6.42. The topological polar surface area (TPSA) is 107 Å². The standard InChI is InChI=1S/C15H11N3O3/c16-8-5-6-11(12(19)7-8)13(17)18-14(20)9-3-1-2-4-10(9)15(18)21/h1-7,17,19H,16H2. The Morgan fingerprint density at radius 2 is 1.62 bits per heavy atom. The molecule has 1 aliphatic heterocycles. The van der Waals surface area contributed by atoms with E-state index in [1.807, 2.05) is 0 Å². The van der Waals surface area contributed by atoms with Gasteiger partial charge in [0, 0.05) is 11.8 Å². The van der Waals surface area contributed by atoms with E-state index in [2.05, 4.69) is 0 Å². The SMILES string of the molecule is N=C(c1ccc(N)cc1O)N1C(=O)c2ccccc2C1=O. The van der Waals surface area contributed by atoms with Gasteiger partial charge in [0.1, 0.15) is 11.6 Å². The van der Waals surface area contributed by atoms with Crippen molar-refractivity contribution in [3.63, 3.8) is 0 Å². The van der Waals surface area contributed by atoms with Crippen LogP contribution in [0.2, 0.25) is 0 Å². The quantitative estimate of drug-likeness (QED) is 0.319. The van der Waals surface area contributed by atoms with Gasteiger partial charge in [0.25, 0.3) is 11.8 Å². The number of aromatic hydroxyl groups is 1. The minimum atomic E-state index is -0.572. The molecule has 104 valence electrons. The molecule has 0 aromatic heterocycles. The molecule has 0 spiro atoms. The summed E-state index contributed by atoms with van der Waals surface area (Å²) in [5.74, 6) is -1.77. The lowest BCUT2D eigenvalue weighted by Crippen LogP contribution is -2.36. The summed E-state index contributed by atoms with van der Waals surface area (Å²) in [5, 5.41) is 17.9. The first kappa shape index (κ1) is 12.9. The van der Waals surface area contributed by atoms with Gasteiger partial charge in [-0.1, -0.05) is 12.1 Å². The Bertz CT molecular complexity index is 764. The molecule has 4 N–H and O–H groups in total. The van der Waals surface area contributed by atoms with E-state index in [9.17, 15) is 14.7 Å². The summed E-state index contributed by atoms with van der Waals surface area (Å²) in [7, 11) is 0. The summed E-state index contributed by atoms with van der Waals surface area (Å²) >= 11 is 0. The second-order valence-corrected chi connectivity index (χ2v) is 4.62. The maximum atomic E-state index is 12.3. The van der Waals surface area contributed by atoms with Crippen LogP contribution in [0.5, 0.6) is 5.75 Å². The van der Waals surface area contributed by atoms with E-state index < -0.39 is 11.8 Å². The fourth-order valence-corrected chi connectivity index (χ4v) is 2.26. The number of amides is 2. The van der Waals surface area contributed by atoms with E-state index in [-0.39, 0.29) is 28.3 Å². The van der Waals surface area contributed by atoms with Gasteiger partial charge in [-0.15, -0.1) is 0 Å². The summed E-state index contributed by atoms with van der Waals surface area (Å²) in [4.78, 5) is 25.3. The molecular formula is C15H11N3O3. The number of hydrogen-bond acceptors (Lipinski definition) is 5. The number of phenols is 1. The second-order valence-electron chi connectivity index (χ2n) is 4.62. The molecule has 0 radical (unpaired) electrons. The summed E-state index contributed by atoms with van der Waals surface area (Å²) in [6, 6.07) is 10.5. The average molecular weight is 281 g/mol. The molecule has 0 fully saturated rings. The number of benzene rings is 2. The van der Waals surface area contributed by atoms with Crippen molar-refractivity contribution in [2.45, 2.75) is 0 Å². The van der Waals surface area contributed by atoms with Crippen LogP contribution in [-0.2, 0) is 0 Å². The molecule has 21 heavy (non-hydrogen) atoms. The van der Waals surface area contributed by atoms with Gasteiger partial charge in [-0.05, 0) is 24.3 Å². The highest BCUT2D eigenvalue weighted by Crippen LogP contribution is 2.27. The van der Waals surface area contributed by atoms with E-state index in [4.69, 9.17) is 11.1 Å². The average Bonchev–Trinajstić information content (AvgIpc) is 2.71. The van der Waals surface area contributed by atoms with Gasteiger partial charge in [-0.3, -0.25) is 15.0 Å². The number of nitrogen functional groups attached to an aromatic ring is 1. The second kappa shape index (κ2) is 4.45. The zero-order valence-electron chi connectivity index (χ0n) is 10.8. The van der Waals surface area contributed by atoms with Gasteiger partial charge in [0.2, 0.25) is 0 Å². The maximum absolute atomic E-state index is 12.3. The third kappa shape index (κ3) is 1.85. The minimum absolute atomic E-state index is 0.0682. The van der Waals surface area contributed by atoms with Gasteiger partial charge in [0.05, 0.1) is 16.7 Å². The van der Waals surface area contributed by atoms with Crippen molar-refractivity contribution in [3.8, 4) is 5.75 Å². The molecule has 0 bridgehead atoms. The molecule has 2 amide bonds. The van der Waals surface area contributed by atoms with Gasteiger partial charge in [-0.2, -0.15) is 0 Å². The number of imide groups is 1. The Labute approximate surface area is 119 Å². The first-order valence-electron chi connectivity index (χ1n) is 6.16. The van der Waals surface area contributed by atoms with E-state index in [1.54, 1.807) is 12.1 Å². The van der Waals surface area contributed by atoms with Gasteiger partial charge >= 0.3 is 0 Å². The highest BCUT2D eigenvalue weighted by Gasteiger charge is 2.38. The van der Waals surface area contributed by atoms with E-state index in [1.165, 1.54) is 30.3 Å². The monoisotopic (exact) mass is 281 g/mol. The molecule has 6 nitrogen and oxygen atoms in total. The zero-order valence-corrected chi connectivity index (χ0v) is 10.8. The number of rotatable bonds is 1. The first-order valence-corrected chi connectivity index (χ1v) is 6.16. The Hall–Kier alpha value is -3.15. The van der Waals surface area contributed by atoms with Crippen LogP contribution in [0.4, 0.5) is 5.69 Å². The first-order chi connectivity index (χ1) is 10.0. The fraction of sp³-hybridized carbons (Fsp3) is 0. The van der Waals surface area contributed by atoms with Crippen molar-refractivity contribution < 1.29 is 14.7 Å². The smallest absolute Gasteiger partial charge is 0.267 e.